The van der Waals surface area contributed by atoms with Crippen molar-refractivity contribution in [3.8, 4) is 22.9 Å². The van der Waals surface area contributed by atoms with Crippen LogP contribution in [0.4, 0.5) is 26.3 Å². The number of aliphatic hydroxyl groups excluding tert-OH is 1. The molecule has 0 saturated heterocycles. The van der Waals surface area contributed by atoms with E-state index in [0.717, 1.165) is 49.6 Å². The minimum absolute atomic E-state index is 0.102. The number of hydrogen-bond acceptors (Lipinski definition) is 8. The van der Waals surface area contributed by atoms with E-state index in [1.165, 1.54) is 38.7 Å². The van der Waals surface area contributed by atoms with Crippen molar-refractivity contribution in [2.24, 2.45) is 0 Å². The van der Waals surface area contributed by atoms with Crippen molar-refractivity contribution in [1.82, 2.24) is 28.2 Å². The van der Waals surface area contributed by atoms with Crippen molar-refractivity contribution in [3.63, 3.8) is 0 Å². The van der Waals surface area contributed by atoms with Crippen LogP contribution in [0.2, 0.25) is 10.0 Å². The van der Waals surface area contributed by atoms with Crippen LogP contribution in [-0.4, -0.2) is 65.2 Å². The van der Waals surface area contributed by atoms with Crippen molar-refractivity contribution in [3.05, 3.63) is 221 Å². The molecule has 0 fully saturated rings. The summed E-state index contributed by atoms with van der Waals surface area (Å²) in [6.45, 7) is 3.06. The summed E-state index contributed by atoms with van der Waals surface area (Å²) in [6, 6.07) is 14.0. The van der Waals surface area contributed by atoms with Gasteiger partial charge in [0.25, 0.3) is 11.1 Å². The summed E-state index contributed by atoms with van der Waals surface area (Å²) in [5.74, 6) is -9.41. The van der Waals surface area contributed by atoms with Crippen LogP contribution in [0.25, 0.3) is 11.4 Å². The van der Waals surface area contributed by atoms with Crippen LogP contribution >= 0.6 is 23.2 Å². The van der Waals surface area contributed by atoms with Gasteiger partial charge in [-0.15, -0.1) is 0 Å². The molecule has 4 aromatic heterocycles. The lowest BCUT2D eigenvalue weighted by molar-refractivity contribution is -0.137. The Kier molecular flexibility index (Phi) is 16.1. The molecule has 8 rings (SSSR count). The van der Waals surface area contributed by atoms with E-state index in [-0.39, 0.29) is 45.1 Å². The average molecular weight is 1040 g/mol. The Labute approximate surface area is 416 Å². The van der Waals surface area contributed by atoms with Gasteiger partial charge in [0.1, 0.15) is 11.5 Å². The van der Waals surface area contributed by atoms with E-state index in [2.05, 4.69) is 9.97 Å². The highest BCUT2D eigenvalue weighted by Crippen LogP contribution is 2.30. The Morgan fingerprint density at radius 3 is 1.35 bits per heavy atom. The lowest BCUT2D eigenvalue weighted by Crippen LogP contribution is -2.30. The Morgan fingerprint density at radius 2 is 1.00 bits per heavy atom. The summed E-state index contributed by atoms with van der Waals surface area (Å²) in [4.78, 5) is 46.7. The van der Waals surface area contributed by atoms with Crippen molar-refractivity contribution in [2.75, 3.05) is 20.8 Å². The van der Waals surface area contributed by atoms with Gasteiger partial charge in [0.2, 0.25) is 0 Å². The number of carbonyl (C=O) groups is 1. The van der Waals surface area contributed by atoms with Crippen LogP contribution < -0.4 is 20.6 Å². The monoisotopic (exact) mass is 1030 g/mol. The Hall–Kier alpha value is -7.61. The summed E-state index contributed by atoms with van der Waals surface area (Å²) in [6.07, 6.45) is 9.01. The molecule has 0 aliphatic carbocycles. The first-order valence-corrected chi connectivity index (χ1v) is 22.3. The van der Waals surface area contributed by atoms with Crippen LogP contribution in [0, 0.1) is 48.8 Å². The van der Waals surface area contributed by atoms with E-state index >= 15 is 0 Å². The van der Waals surface area contributed by atoms with E-state index in [9.17, 15) is 50.9 Å². The van der Waals surface area contributed by atoms with Gasteiger partial charge in [0.15, 0.2) is 34.9 Å². The van der Waals surface area contributed by atoms with Crippen LogP contribution in [0.5, 0.6) is 11.5 Å². The fourth-order valence-corrected chi connectivity index (χ4v) is 8.50. The van der Waals surface area contributed by atoms with E-state index < -0.39 is 77.1 Å². The molecule has 0 spiro atoms. The number of imidazole rings is 2. The largest absolute Gasteiger partial charge is 0.495 e. The molecule has 2 unspecified atom stereocenters. The molecule has 21 heteroatoms. The maximum Gasteiger partial charge on any atom is 0.305 e. The zero-order valence-electron chi connectivity index (χ0n) is 38.5. The van der Waals surface area contributed by atoms with Gasteiger partial charge >= 0.3 is 5.97 Å². The van der Waals surface area contributed by atoms with Crippen LogP contribution in [-0.2, 0) is 17.6 Å². The summed E-state index contributed by atoms with van der Waals surface area (Å²) in [5.41, 5.74) is 3.62. The molecule has 13 nitrogen and oxygen atoms in total. The van der Waals surface area contributed by atoms with Crippen LogP contribution in [0.3, 0.4) is 0 Å². The zero-order chi connectivity index (χ0) is 52.1. The van der Waals surface area contributed by atoms with Gasteiger partial charge in [-0.1, -0.05) is 35.3 Å². The minimum atomic E-state index is -1.69. The molecule has 72 heavy (non-hydrogen) atoms. The molecule has 0 aliphatic rings. The quantitative estimate of drug-likeness (QED) is 0.0755. The number of benzene rings is 4. The van der Waals surface area contributed by atoms with Gasteiger partial charge in [-0.25, -0.2) is 36.3 Å². The SMILES string of the molecule is COc1cc(Cc2cc(Cl)cn(C(CC(=O)O)c3cc(F)c(F)c(F)c3)c2=O)ccc1-n1cnc(C)c1.COc1cc(Cc2cc(Cl)cn(C(CO)c3cc(F)c(F)c(F)c3)c2=O)ccc1-n1cnc(C)c1. The number of nitrogens with zero attached hydrogens (tertiary/aromatic N) is 6. The molecule has 0 aliphatic heterocycles. The smallest absolute Gasteiger partial charge is 0.305 e. The topological polar surface area (TPSA) is 156 Å². The number of rotatable bonds is 15. The predicted molar refractivity (Wildman–Crippen MR) is 255 cm³/mol. The predicted octanol–water partition coefficient (Wildman–Crippen LogP) is 9.67. The maximum atomic E-state index is 13.9. The molecule has 4 heterocycles. The first-order valence-electron chi connectivity index (χ1n) is 21.6. The number of aliphatic hydroxyl groups is 1. The Bertz CT molecular complexity index is 3410. The lowest BCUT2D eigenvalue weighted by atomic mass is 10.0. The first kappa shape index (κ1) is 52.2. The number of aliphatic carboxylic acids is 1. The summed E-state index contributed by atoms with van der Waals surface area (Å²) < 4.78 is 99.1. The Morgan fingerprint density at radius 1 is 0.611 bits per heavy atom. The number of aromatic nitrogens is 6. The number of pyridine rings is 2. The summed E-state index contributed by atoms with van der Waals surface area (Å²) in [5, 5.41) is 19.6. The van der Waals surface area contributed by atoms with Crippen molar-refractivity contribution in [2.45, 2.75) is 45.2 Å². The standard InChI is InChI=1S/C26H21ClF3N3O4.C25H21ClF3N3O3/c1-14-11-32(13-31-14)21-4-3-15(6-23(21)37-2)5-17-7-18(27)12-33(26(17)36)22(10-24(34)35)16-8-19(28)25(30)20(29)9-16;1-14-10-31(13-30-14)21-4-3-15(6-23(21)35-2)5-17-7-18(26)11-32(25(17)34)22(12-33)16-8-19(27)24(29)20(28)9-16/h3-4,6-9,11-13,22H,5,10H2,1-2H3,(H,34,35);3-4,6-11,13,22,33H,5,12H2,1-2H3. The third-order valence-corrected chi connectivity index (χ3v) is 11.8. The molecule has 0 saturated carbocycles. The van der Waals surface area contributed by atoms with Gasteiger partial charge in [0.05, 0.1) is 84.8 Å². The third kappa shape index (κ3) is 11.6. The minimum Gasteiger partial charge on any atom is -0.495 e. The first-order chi connectivity index (χ1) is 34.3. The number of methoxy groups -OCH3 is 2. The second kappa shape index (κ2) is 22.2. The molecule has 0 amide bonds. The third-order valence-electron chi connectivity index (χ3n) is 11.4. The number of carboxylic acids is 1. The van der Waals surface area contributed by atoms with Crippen molar-refractivity contribution < 1.29 is 50.8 Å². The molecule has 374 valence electrons. The number of aryl methyl sites for hydroxylation is 2. The fraction of sp³-hybridized carbons (Fsp3) is 0.196. The molecular formula is C51H42Cl2F6N6O7. The molecule has 4 aromatic carbocycles. The molecule has 0 bridgehead atoms. The van der Waals surface area contributed by atoms with Crippen molar-refractivity contribution in [1.29, 1.82) is 0 Å². The van der Waals surface area contributed by atoms with Gasteiger partial charge in [-0.05, 0) is 96.8 Å². The Balaban J connectivity index is 0.000000212. The number of halogens is 8. The fourth-order valence-electron chi connectivity index (χ4n) is 8.03. The van der Waals surface area contributed by atoms with E-state index in [1.54, 1.807) is 41.5 Å². The second-order valence-electron chi connectivity index (χ2n) is 16.4. The molecule has 0 radical (unpaired) electrons. The van der Waals surface area contributed by atoms with Gasteiger partial charge in [-0.3, -0.25) is 14.4 Å². The van der Waals surface area contributed by atoms with E-state index in [4.69, 9.17) is 32.7 Å². The van der Waals surface area contributed by atoms with E-state index in [0.29, 0.717) is 29.2 Å². The average Bonchev–Trinajstić information content (AvgIpc) is 3.99. The highest BCUT2D eigenvalue weighted by atomic mass is 35.5. The van der Waals surface area contributed by atoms with Crippen LogP contribution in [0.15, 0.2) is 120 Å². The normalized spacial score (nSPS) is 12.0. The molecule has 2 N–H and O–H groups in total. The highest BCUT2D eigenvalue weighted by Gasteiger charge is 2.25. The second-order valence-corrected chi connectivity index (χ2v) is 17.3. The summed E-state index contributed by atoms with van der Waals surface area (Å²) in [7, 11) is 3.04. The summed E-state index contributed by atoms with van der Waals surface area (Å²) >= 11 is 12.5. The van der Waals surface area contributed by atoms with Gasteiger partial charge in [0, 0.05) is 48.8 Å². The lowest BCUT2D eigenvalue weighted by Gasteiger charge is -2.21. The number of carboxylic acid groups (broad SMARTS) is 1. The van der Waals surface area contributed by atoms with Crippen LogP contribution in [0.1, 0.15) is 63.3 Å². The molecule has 2 atom stereocenters. The highest BCUT2D eigenvalue weighted by molar-refractivity contribution is 6.30. The zero-order valence-corrected chi connectivity index (χ0v) is 40.0. The van der Waals surface area contributed by atoms with Gasteiger partial charge in [-0.2, -0.15) is 0 Å². The molecular weight excluding hydrogens is 993 g/mol. The maximum absolute atomic E-state index is 13.9. The number of hydrogen-bond donors (Lipinski definition) is 2. The van der Waals surface area contributed by atoms with Gasteiger partial charge < -0.3 is 38.0 Å². The number of ether oxygens (including phenoxy) is 2. The van der Waals surface area contributed by atoms with E-state index in [1.807, 2.05) is 42.9 Å². The van der Waals surface area contributed by atoms with Crippen molar-refractivity contribution >= 4 is 29.2 Å². The molecule has 8 aromatic rings.